The number of ether oxygens (including phenoxy) is 1. The minimum atomic E-state index is -0.164. The summed E-state index contributed by atoms with van der Waals surface area (Å²) in [5, 5.41) is 15.3. The summed E-state index contributed by atoms with van der Waals surface area (Å²) >= 11 is 0. The van der Waals surface area contributed by atoms with Crippen molar-refractivity contribution in [2.24, 2.45) is 5.92 Å². The van der Waals surface area contributed by atoms with E-state index in [0.717, 1.165) is 42.0 Å². The number of aryl methyl sites for hydroxylation is 2. The SMILES string of the molecule is COc1ccc(-n2nnnc2C)cc1[CH][C@@H]1CCCN[C@@H]1c1ccc(C)c(F)c1. The second-order valence-corrected chi connectivity index (χ2v) is 7.48. The van der Waals surface area contributed by atoms with Gasteiger partial charge in [-0.3, -0.25) is 0 Å². The molecule has 6 nitrogen and oxygen atoms in total. The Morgan fingerprint density at radius 3 is 2.79 bits per heavy atom. The first kappa shape index (κ1) is 19.5. The topological polar surface area (TPSA) is 64.9 Å². The smallest absolute Gasteiger partial charge is 0.153 e. The van der Waals surface area contributed by atoms with Crippen molar-refractivity contribution >= 4 is 0 Å². The van der Waals surface area contributed by atoms with Gasteiger partial charge in [-0.1, -0.05) is 12.1 Å². The third kappa shape index (κ3) is 4.00. The quantitative estimate of drug-likeness (QED) is 0.715. The second-order valence-electron chi connectivity index (χ2n) is 7.48. The van der Waals surface area contributed by atoms with Crippen molar-refractivity contribution in [2.45, 2.75) is 32.7 Å². The molecule has 0 saturated carbocycles. The van der Waals surface area contributed by atoms with Gasteiger partial charge in [-0.25, -0.2) is 4.39 Å². The molecule has 2 atom stereocenters. The summed E-state index contributed by atoms with van der Waals surface area (Å²) in [5.41, 5.74) is 3.49. The van der Waals surface area contributed by atoms with Gasteiger partial charge in [0.2, 0.25) is 0 Å². The number of benzene rings is 2. The average Bonchev–Trinajstić information content (AvgIpc) is 3.16. The number of aromatic nitrogens is 4. The van der Waals surface area contributed by atoms with Crippen molar-refractivity contribution < 1.29 is 9.13 Å². The molecule has 0 spiro atoms. The third-order valence-electron chi connectivity index (χ3n) is 5.54. The Labute approximate surface area is 170 Å². The van der Waals surface area contributed by atoms with Gasteiger partial charge < -0.3 is 10.1 Å². The number of nitrogens with one attached hydrogen (secondary N) is 1. The van der Waals surface area contributed by atoms with Gasteiger partial charge >= 0.3 is 0 Å². The molecule has 29 heavy (non-hydrogen) atoms. The van der Waals surface area contributed by atoms with Crippen molar-refractivity contribution in [3.63, 3.8) is 0 Å². The maximum Gasteiger partial charge on any atom is 0.153 e. The molecule has 1 saturated heterocycles. The highest BCUT2D eigenvalue weighted by Gasteiger charge is 2.28. The van der Waals surface area contributed by atoms with Crippen LogP contribution in [0.5, 0.6) is 5.75 Å². The van der Waals surface area contributed by atoms with Crippen LogP contribution in [0.4, 0.5) is 4.39 Å². The molecule has 1 radical (unpaired) electrons. The Hall–Kier alpha value is -2.80. The summed E-state index contributed by atoms with van der Waals surface area (Å²) < 4.78 is 21.5. The maximum atomic E-state index is 14.2. The largest absolute Gasteiger partial charge is 0.496 e. The Morgan fingerprint density at radius 1 is 1.21 bits per heavy atom. The van der Waals surface area contributed by atoms with Crippen LogP contribution in [0.1, 0.15) is 41.4 Å². The summed E-state index contributed by atoms with van der Waals surface area (Å²) in [4.78, 5) is 0. The van der Waals surface area contributed by atoms with E-state index >= 15 is 0 Å². The van der Waals surface area contributed by atoms with Crippen LogP contribution < -0.4 is 10.1 Å². The summed E-state index contributed by atoms with van der Waals surface area (Å²) in [6.45, 7) is 4.57. The van der Waals surface area contributed by atoms with Crippen LogP contribution in [0.3, 0.4) is 0 Å². The highest BCUT2D eigenvalue weighted by atomic mass is 19.1. The van der Waals surface area contributed by atoms with Gasteiger partial charge in [0, 0.05) is 11.6 Å². The zero-order valence-electron chi connectivity index (χ0n) is 16.9. The fraction of sp³-hybridized carbons (Fsp3) is 0.364. The minimum Gasteiger partial charge on any atom is -0.496 e. The number of tetrazole rings is 1. The summed E-state index contributed by atoms with van der Waals surface area (Å²) in [7, 11) is 1.67. The number of hydrogen-bond acceptors (Lipinski definition) is 5. The number of hydrogen-bond donors (Lipinski definition) is 1. The lowest BCUT2D eigenvalue weighted by molar-refractivity contribution is 0.318. The van der Waals surface area contributed by atoms with E-state index in [-0.39, 0.29) is 17.8 Å². The van der Waals surface area contributed by atoms with Crippen molar-refractivity contribution in [1.29, 1.82) is 0 Å². The third-order valence-corrected chi connectivity index (χ3v) is 5.54. The molecule has 0 aliphatic carbocycles. The second kappa shape index (κ2) is 8.29. The number of rotatable bonds is 5. The number of halogens is 1. The molecule has 1 fully saturated rings. The fourth-order valence-corrected chi connectivity index (χ4v) is 3.95. The molecule has 2 aromatic carbocycles. The summed E-state index contributed by atoms with van der Waals surface area (Å²) in [6, 6.07) is 11.5. The van der Waals surface area contributed by atoms with E-state index in [1.54, 1.807) is 24.8 Å². The first-order valence-electron chi connectivity index (χ1n) is 9.84. The van der Waals surface area contributed by atoms with Gasteiger partial charge in [-0.05, 0) is 91.4 Å². The van der Waals surface area contributed by atoms with Gasteiger partial charge in [0.1, 0.15) is 11.6 Å². The number of nitrogens with zero attached hydrogens (tertiary/aromatic N) is 4. The van der Waals surface area contributed by atoms with Crippen molar-refractivity contribution in [3.8, 4) is 11.4 Å². The molecule has 1 aliphatic heterocycles. The van der Waals surface area contributed by atoms with Gasteiger partial charge in [0.25, 0.3) is 0 Å². The van der Waals surface area contributed by atoms with Crippen molar-refractivity contribution in [3.05, 3.63) is 71.2 Å². The fourth-order valence-electron chi connectivity index (χ4n) is 3.95. The standard InChI is InChI=1S/C22H25FN5O/c1-14-6-7-17(13-20(14)23)22-16(5-4-10-24-22)11-18-12-19(8-9-21(18)29-3)28-15(2)25-26-27-28/h6-9,11-13,16,22,24H,4-5,10H2,1-3H3/t16-,22-/m0/s1. The van der Waals surface area contributed by atoms with E-state index in [4.69, 9.17) is 4.74 Å². The van der Waals surface area contributed by atoms with E-state index in [0.29, 0.717) is 11.4 Å². The van der Waals surface area contributed by atoms with Crippen molar-refractivity contribution in [1.82, 2.24) is 25.5 Å². The molecule has 1 N–H and O–H groups in total. The maximum absolute atomic E-state index is 14.2. The monoisotopic (exact) mass is 394 g/mol. The highest BCUT2D eigenvalue weighted by Crippen LogP contribution is 2.36. The Morgan fingerprint density at radius 2 is 2.07 bits per heavy atom. The van der Waals surface area contributed by atoms with E-state index in [9.17, 15) is 4.39 Å². The molecule has 4 rings (SSSR count). The molecule has 1 aromatic heterocycles. The van der Waals surface area contributed by atoms with Crippen LogP contribution in [0.25, 0.3) is 5.69 Å². The molecular weight excluding hydrogens is 369 g/mol. The molecule has 2 heterocycles. The number of methoxy groups -OCH3 is 1. The zero-order chi connectivity index (χ0) is 20.4. The molecule has 0 bridgehead atoms. The van der Waals surface area contributed by atoms with Crippen LogP contribution in [-0.4, -0.2) is 33.9 Å². The summed E-state index contributed by atoms with van der Waals surface area (Å²) in [6.07, 6.45) is 4.31. The van der Waals surface area contributed by atoms with Crippen LogP contribution in [0.2, 0.25) is 0 Å². The Bertz CT molecular complexity index is 1000. The first-order chi connectivity index (χ1) is 14.1. The van der Waals surface area contributed by atoms with E-state index in [2.05, 4.69) is 27.3 Å². The summed E-state index contributed by atoms with van der Waals surface area (Å²) in [5.74, 6) is 1.56. The zero-order valence-corrected chi connectivity index (χ0v) is 16.9. The lowest BCUT2D eigenvalue weighted by Gasteiger charge is -2.33. The normalized spacial score (nSPS) is 19.3. The van der Waals surface area contributed by atoms with E-state index in [1.807, 2.05) is 37.3 Å². The molecular formula is C22H25FN5O. The molecule has 3 aromatic rings. The van der Waals surface area contributed by atoms with Crippen LogP contribution >= 0.6 is 0 Å². The lowest BCUT2D eigenvalue weighted by Crippen LogP contribution is -2.34. The van der Waals surface area contributed by atoms with Crippen molar-refractivity contribution in [2.75, 3.05) is 13.7 Å². The Kier molecular flexibility index (Phi) is 5.58. The molecule has 1 aliphatic rings. The molecule has 0 amide bonds. The van der Waals surface area contributed by atoms with E-state index in [1.165, 1.54) is 0 Å². The van der Waals surface area contributed by atoms with Crippen LogP contribution in [0, 0.1) is 32.0 Å². The first-order valence-corrected chi connectivity index (χ1v) is 9.84. The average molecular weight is 394 g/mol. The molecule has 7 heteroatoms. The van der Waals surface area contributed by atoms with Gasteiger partial charge in [-0.2, -0.15) is 4.68 Å². The highest BCUT2D eigenvalue weighted by molar-refractivity contribution is 5.48. The molecule has 151 valence electrons. The minimum absolute atomic E-state index is 0.0574. The van der Waals surface area contributed by atoms with Gasteiger partial charge in [0.15, 0.2) is 5.82 Å². The molecule has 0 unspecified atom stereocenters. The van der Waals surface area contributed by atoms with Gasteiger partial charge in [0.05, 0.1) is 12.8 Å². The predicted octanol–water partition coefficient (Wildman–Crippen LogP) is 3.72. The predicted molar refractivity (Wildman–Crippen MR) is 108 cm³/mol. The lowest BCUT2D eigenvalue weighted by atomic mass is 9.81. The van der Waals surface area contributed by atoms with Crippen LogP contribution in [0.15, 0.2) is 36.4 Å². The van der Waals surface area contributed by atoms with Gasteiger partial charge in [-0.15, -0.1) is 5.10 Å². The Balaban J connectivity index is 1.65. The van der Waals surface area contributed by atoms with Crippen LogP contribution in [-0.2, 0) is 0 Å². The number of piperidine rings is 1. The van der Waals surface area contributed by atoms with E-state index < -0.39 is 0 Å².